The van der Waals surface area contributed by atoms with Gasteiger partial charge in [-0.25, -0.2) is 0 Å². The highest BCUT2D eigenvalue weighted by Crippen LogP contribution is 2.67. The normalized spacial score (nSPS) is 36.3. The van der Waals surface area contributed by atoms with Gasteiger partial charge in [0.15, 0.2) is 0 Å². The van der Waals surface area contributed by atoms with E-state index in [1.54, 1.807) is 6.07 Å². The van der Waals surface area contributed by atoms with Crippen LogP contribution in [0.5, 0.6) is 5.75 Å². The van der Waals surface area contributed by atoms with Crippen LogP contribution in [0.15, 0.2) is 29.8 Å². The zero-order valence-corrected chi connectivity index (χ0v) is 26.0. The molecule has 1 aromatic rings. The summed E-state index contributed by atoms with van der Waals surface area (Å²) in [6.07, 6.45) is 17.5. The van der Waals surface area contributed by atoms with Crippen molar-refractivity contribution < 1.29 is 5.11 Å². The molecule has 0 radical (unpaired) electrons. The Morgan fingerprint density at radius 2 is 1.55 bits per heavy atom. The maximum atomic E-state index is 8.83. The van der Waals surface area contributed by atoms with Crippen molar-refractivity contribution in [3.8, 4) is 5.75 Å². The molecular weight excluding hydrogens is 464 g/mol. The molecule has 0 saturated heterocycles. The SMILES string of the molecule is CC(C)C.CCCC(C)C1CCC2C3CC=C4C(C)CCCC4(C)C3CCC12C.Nc1cc(N)cc(O)c1. The van der Waals surface area contributed by atoms with Crippen molar-refractivity contribution in [3.63, 3.8) is 0 Å². The molecule has 3 heteroatoms. The highest BCUT2D eigenvalue weighted by atomic mass is 16.3. The van der Waals surface area contributed by atoms with Crippen molar-refractivity contribution in [3.05, 3.63) is 29.8 Å². The smallest absolute Gasteiger partial charge is 0.119 e. The number of hydrogen-bond donors (Lipinski definition) is 3. The molecule has 3 saturated carbocycles. The first kappa shape index (κ1) is 30.9. The third-order valence-corrected chi connectivity index (χ3v) is 10.9. The van der Waals surface area contributed by atoms with Gasteiger partial charge in [0.05, 0.1) is 0 Å². The molecule has 3 nitrogen and oxygen atoms in total. The van der Waals surface area contributed by atoms with Gasteiger partial charge in [-0.3, -0.25) is 0 Å². The second-order valence-electron chi connectivity index (χ2n) is 14.6. The van der Waals surface area contributed by atoms with Crippen LogP contribution >= 0.6 is 0 Å². The van der Waals surface area contributed by atoms with Crippen molar-refractivity contribution in [1.29, 1.82) is 0 Å². The molecule has 5 rings (SSSR count). The number of anilines is 2. The van der Waals surface area contributed by atoms with E-state index in [2.05, 4.69) is 61.5 Å². The number of phenols is 1. The molecule has 3 fully saturated rings. The average molecular weight is 525 g/mol. The van der Waals surface area contributed by atoms with Gasteiger partial charge in [0, 0.05) is 23.5 Å². The molecule has 0 aliphatic heterocycles. The highest BCUT2D eigenvalue weighted by Gasteiger charge is 2.59. The minimum Gasteiger partial charge on any atom is -0.508 e. The maximum absolute atomic E-state index is 8.83. The first-order valence-corrected chi connectivity index (χ1v) is 15.9. The van der Waals surface area contributed by atoms with Gasteiger partial charge < -0.3 is 16.6 Å². The number of rotatable bonds is 3. The van der Waals surface area contributed by atoms with Crippen LogP contribution in [0.4, 0.5) is 11.4 Å². The lowest BCUT2D eigenvalue weighted by Gasteiger charge is -2.59. The van der Waals surface area contributed by atoms with Crippen molar-refractivity contribution in [2.75, 3.05) is 11.5 Å². The van der Waals surface area contributed by atoms with E-state index in [-0.39, 0.29) is 5.75 Å². The first-order chi connectivity index (χ1) is 17.8. The largest absolute Gasteiger partial charge is 0.508 e. The van der Waals surface area contributed by atoms with Gasteiger partial charge in [-0.05, 0) is 103 Å². The minimum absolute atomic E-state index is 0.104. The third-order valence-electron chi connectivity index (χ3n) is 10.9. The number of benzene rings is 1. The molecule has 0 spiro atoms. The monoisotopic (exact) mass is 524 g/mol. The lowest BCUT2D eigenvalue weighted by molar-refractivity contribution is -0.0529. The fraction of sp³-hybridized carbons (Fsp3) is 0.771. The van der Waals surface area contributed by atoms with E-state index in [1.165, 1.54) is 76.3 Å². The van der Waals surface area contributed by atoms with Crippen LogP contribution in [0.1, 0.15) is 120 Å². The summed E-state index contributed by atoms with van der Waals surface area (Å²) < 4.78 is 0. The van der Waals surface area contributed by atoms with Gasteiger partial charge in [0.1, 0.15) is 5.75 Å². The molecule has 0 bridgehead atoms. The van der Waals surface area contributed by atoms with Crippen LogP contribution in [0.2, 0.25) is 0 Å². The lowest BCUT2D eigenvalue weighted by Crippen LogP contribution is -2.50. The second-order valence-corrected chi connectivity index (χ2v) is 14.6. The number of allylic oxidation sites excluding steroid dienone is 2. The fourth-order valence-electron chi connectivity index (χ4n) is 9.43. The highest BCUT2D eigenvalue weighted by molar-refractivity contribution is 5.56. The zero-order chi connectivity index (χ0) is 28.3. The quantitative estimate of drug-likeness (QED) is 0.272. The van der Waals surface area contributed by atoms with Gasteiger partial charge in [-0.1, -0.05) is 86.3 Å². The molecule has 1 aromatic carbocycles. The summed E-state index contributed by atoms with van der Waals surface area (Å²) in [4.78, 5) is 0. The summed E-state index contributed by atoms with van der Waals surface area (Å²) in [5.74, 6) is 6.74. The van der Waals surface area contributed by atoms with Gasteiger partial charge in [0.2, 0.25) is 0 Å². The van der Waals surface area contributed by atoms with E-state index in [0.717, 1.165) is 41.4 Å². The molecule has 0 aromatic heterocycles. The van der Waals surface area contributed by atoms with E-state index in [0.29, 0.717) is 22.2 Å². The number of nitrogen functional groups attached to an aromatic ring is 2. The molecule has 0 amide bonds. The Morgan fingerprint density at radius 3 is 2.13 bits per heavy atom. The molecule has 4 aliphatic rings. The van der Waals surface area contributed by atoms with Gasteiger partial charge in [0.25, 0.3) is 0 Å². The van der Waals surface area contributed by atoms with E-state index in [9.17, 15) is 0 Å². The van der Waals surface area contributed by atoms with E-state index < -0.39 is 0 Å². The summed E-state index contributed by atoms with van der Waals surface area (Å²) in [6, 6.07) is 4.46. The van der Waals surface area contributed by atoms with Crippen LogP contribution in [0, 0.1) is 52.3 Å². The number of hydrogen-bond acceptors (Lipinski definition) is 3. The summed E-state index contributed by atoms with van der Waals surface area (Å²) in [5.41, 5.74) is 14.7. The first-order valence-electron chi connectivity index (χ1n) is 15.9. The molecule has 5 N–H and O–H groups in total. The molecule has 0 heterocycles. The Labute approximate surface area is 235 Å². The Hall–Kier alpha value is -1.64. The molecule has 4 aliphatic carbocycles. The van der Waals surface area contributed by atoms with Crippen molar-refractivity contribution in [2.24, 2.45) is 52.3 Å². The molecule has 8 atom stereocenters. The number of phenolic OH excluding ortho intramolecular Hbond substituents is 1. The van der Waals surface area contributed by atoms with Crippen molar-refractivity contribution in [2.45, 2.75) is 120 Å². The Bertz CT molecular complexity index is 885. The standard InChI is InChI=1S/C25H42.C6H8N2O.C4H10/c1-6-8-17(2)21-12-13-22-19-10-11-20-18(3)9-7-15-24(20,4)23(19)14-16-25(21,22)5;7-4-1-5(8)3-6(9)2-4;1-4(2)3/h11,17-19,21-23H,6-10,12-16H2,1-5H3;1-3,9H,7-8H2;4H,1-3H3. The van der Waals surface area contributed by atoms with Crippen LogP contribution < -0.4 is 11.5 Å². The summed E-state index contributed by atoms with van der Waals surface area (Å²) in [7, 11) is 0. The predicted octanol–water partition coefficient (Wildman–Crippen LogP) is 9.86. The van der Waals surface area contributed by atoms with E-state index >= 15 is 0 Å². The van der Waals surface area contributed by atoms with Crippen LogP contribution in [0.25, 0.3) is 0 Å². The minimum atomic E-state index is 0.104. The fourth-order valence-corrected chi connectivity index (χ4v) is 9.43. The second kappa shape index (κ2) is 12.7. The Kier molecular flexibility index (Phi) is 10.3. The molecule has 216 valence electrons. The van der Waals surface area contributed by atoms with Crippen molar-refractivity contribution in [1.82, 2.24) is 0 Å². The van der Waals surface area contributed by atoms with E-state index in [1.807, 2.05) is 5.57 Å². The number of nitrogens with two attached hydrogens (primary N) is 2. The number of aromatic hydroxyl groups is 1. The summed E-state index contributed by atoms with van der Waals surface area (Å²) >= 11 is 0. The van der Waals surface area contributed by atoms with Gasteiger partial charge >= 0.3 is 0 Å². The topological polar surface area (TPSA) is 72.3 Å². The average Bonchev–Trinajstić information content (AvgIpc) is 3.15. The lowest BCUT2D eigenvalue weighted by atomic mass is 9.46. The van der Waals surface area contributed by atoms with Crippen LogP contribution in [0.3, 0.4) is 0 Å². The molecule has 38 heavy (non-hydrogen) atoms. The Balaban J connectivity index is 0.000000255. The van der Waals surface area contributed by atoms with Gasteiger partial charge in [-0.2, -0.15) is 0 Å². The van der Waals surface area contributed by atoms with Crippen LogP contribution in [-0.2, 0) is 0 Å². The van der Waals surface area contributed by atoms with E-state index in [4.69, 9.17) is 16.6 Å². The predicted molar refractivity (Wildman–Crippen MR) is 166 cm³/mol. The molecule has 8 unspecified atom stereocenters. The maximum Gasteiger partial charge on any atom is 0.119 e. The Morgan fingerprint density at radius 1 is 0.921 bits per heavy atom. The third kappa shape index (κ3) is 6.56. The van der Waals surface area contributed by atoms with Crippen LogP contribution in [-0.4, -0.2) is 5.11 Å². The molecular formula is C35H60N2O. The summed E-state index contributed by atoms with van der Waals surface area (Å²) in [5, 5.41) is 8.83. The van der Waals surface area contributed by atoms with Crippen molar-refractivity contribution >= 4 is 11.4 Å². The zero-order valence-electron chi connectivity index (χ0n) is 26.0. The number of fused-ring (bicyclic) bond motifs is 5. The van der Waals surface area contributed by atoms with Gasteiger partial charge in [-0.15, -0.1) is 0 Å². The summed E-state index contributed by atoms with van der Waals surface area (Å²) in [6.45, 7) is 19.3.